The minimum atomic E-state index is -0.206. The van der Waals surface area contributed by atoms with E-state index in [4.69, 9.17) is 9.47 Å². The highest BCUT2D eigenvalue weighted by Gasteiger charge is 2.15. The largest absolute Gasteiger partial charge is 0.497 e. The highest BCUT2D eigenvalue weighted by molar-refractivity contribution is 5.79. The molecule has 1 fully saturated rings. The Bertz CT molecular complexity index is 789. The van der Waals surface area contributed by atoms with Gasteiger partial charge in [0, 0.05) is 33.2 Å². The number of rotatable bonds is 6. The number of ether oxygens (including phenoxy) is 2. The van der Waals surface area contributed by atoms with Gasteiger partial charge in [-0.05, 0) is 35.4 Å². The Hall–Kier alpha value is -2.80. The van der Waals surface area contributed by atoms with Crippen LogP contribution in [-0.4, -0.2) is 46.4 Å². The molecule has 0 aromatic heterocycles. The summed E-state index contributed by atoms with van der Waals surface area (Å²) in [7, 11) is 3.36. The Kier molecular flexibility index (Phi) is 7.08. The van der Waals surface area contributed by atoms with Crippen molar-refractivity contribution in [3.8, 4) is 5.75 Å². The fraction of sp³-hybridized carbons (Fsp3) is 0.381. The molecule has 7 heteroatoms. The van der Waals surface area contributed by atoms with Crippen molar-refractivity contribution < 1.29 is 13.9 Å². The summed E-state index contributed by atoms with van der Waals surface area (Å²) in [5, 5.41) is 6.47. The van der Waals surface area contributed by atoms with E-state index >= 15 is 0 Å². The van der Waals surface area contributed by atoms with Gasteiger partial charge in [-0.15, -0.1) is 0 Å². The van der Waals surface area contributed by atoms with Crippen LogP contribution in [0.3, 0.4) is 0 Å². The third-order valence-corrected chi connectivity index (χ3v) is 4.67. The number of morpholine rings is 1. The molecule has 6 nitrogen and oxygen atoms in total. The van der Waals surface area contributed by atoms with Gasteiger partial charge in [0.1, 0.15) is 11.6 Å². The van der Waals surface area contributed by atoms with E-state index in [1.807, 2.05) is 41.3 Å². The van der Waals surface area contributed by atoms with Gasteiger partial charge in [0.25, 0.3) is 0 Å². The standard InChI is InChI=1S/C21H27FN4O2/c1-23-21(24-14-16-3-6-18(27-2)7-4-16)25-15-17-5-8-20(19(22)13-17)26-9-11-28-12-10-26/h3-8,13H,9-12,14-15H2,1-2H3,(H2,23,24,25). The molecule has 2 aromatic rings. The first kappa shape index (κ1) is 19.9. The molecule has 0 bridgehead atoms. The van der Waals surface area contributed by atoms with E-state index in [-0.39, 0.29) is 5.82 Å². The predicted octanol–water partition coefficient (Wildman–Crippen LogP) is 2.54. The third kappa shape index (κ3) is 5.36. The maximum absolute atomic E-state index is 14.5. The monoisotopic (exact) mass is 386 g/mol. The van der Waals surface area contributed by atoms with Gasteiger partial charge in [-0.1, -0.05) is 18.2 Å². The molecule has 3 rings (SSSR count). The number of guanidine groups is 1. The van der Waals surface area contributed by atoms with Crippen LogP contribution in [0.1, 0.15) is 11.1 Å². The molecule has 0 saturated carbocycles. The van der Waals surface area contributed by atoms with E-state index in [1.54, 1.807) is 20.2 Å². The molecule has 0 atom stereocenters. The Labute approximate surface area is 165 Å². The van der Waals surface area contributed by atoms with E-state index in [0.29, 0.717) is 38.0 Å². The zero-order valence-corrected chi connectivity index (χ0v) is 16.4. The molecule has 1 heterocycles. The lowest BCUT2D eigenvalue weighted by molar-refractivity contribution is 0.122. The second kappa shape index (κ2) is 9.94. The number of hydrogen-bond acceptors (Lipinski definition) is 4. The van der Waals surface area contributed by atoms with Crippen LogP contribution < -0.4 is 20.3 Å². The summed E-state index contributed by atoms with van der Waals surface area (Å²) in [6.45, 7) is 3.83. The van der Waals surface area contributed by atoms with Gasteiger partial charge in [0.15, 0.2) is 5.96 Å². The fourth-order valence-electron chi connectivity index (χ4n) is 3.06. The zero-order valence-electron chi connectivity index (χ0n) is 16.4. The van der Waals surface area contributed by atoms with E-state index in [9.17, 15) is 4.39 Å². The van der Waals surface area contributed by atoms with Crippen molar-refractivity contribution in [3.05, 3.63) is 59.4 Å². The highest BCUT2D eigenvalue weighted by atomic mass is 19.1. The van der Waals surface area contributed by atoms with Crippen molar-refractivity contribution in [3.63, 3.8) is 0 Å². The van der Waals surface area contributed by atoms with E-state index in [0.717, 1.165) is 30.0 Å². The lowest BCUT2D eigenvalue weighted by Crippen LogP contribution is -2.37. The van der Waals surface area contributed by atoms with Crippen molar-refractivity contribution in [2.45, 2.75) is 13.1 Å². The molecule has 0 unspecified atom stereocenters. The summed E-state index contributed by atoms with van der Waals surface area (Å²) in [5.41, 5.74) is 2.61. The highest BCUT2D eigenvalue weighted by Crippen LogP contribution is 2.21. The van der Waals surface area contributed by atoms with Crippen LogP contribution in [0.25, 0.3) is 0 Å². The predicted molar refractivity (Wildman–Crippen MR) is 109 cm³/mol. The number of methoxy groups -OCH3 is 1. The SMILES string of the molecule is CN=C(NCc1ccc(OC)cc1)NCc1ccc(N2CCOCC2)c(F)c1. The molecule has 1 aliphatic rings. The van der Waals surface area contributed by atoms with Crippen molar-refractivity contribution in [1.82, 2.24) is 10.6 Å². The van der Waals surface area contributed by atoms with Crippen LogP contribution in [0.4, 0.5) is 10.1 Å². The average molecular weight is 386 g/mol. The van der Waals surface area contributed by atoms with Gasteiger partial charge in [0.2, 0.25) is 0 Å². The van der Waals surface area contributed by atoms with E-state index in [1.165, 1.54) is 0 Å². The maximum atomic E-state index is 14.5. The minimum Gasteiger partial charge on any atom is -0.497 e. The van der Waals surface area contributed by atoms with Crippen LogP contribution in [0.5, 0.6) is 5.75 Å². The Morgan fingerprint density at radius 1 is 1.07 bits per heavy atom. The lowest BCUT2D eigenvalue weighted by Gasteiger charge is -2.29. The number of aliphatic imine (C=N–C) groups is 1. The van der Waals surface area contributed by atoms with Crippen LogP contribution in [-0.2, 0) is 17.8 Å². The number of anilines is 1. The van der Waals surface area contributed by atoms with E-state index < -0.39 is 0 Å². The average Bonchev–Trinajstić information content (AvgIpc) is 2.75. The molecule has 150 valence electrons. The van der Waals surface area contributed by atoms with Gasteiger partial charge < -0.3 is 25.0 Å². The molecule has 2 N–H and O–H groups in total. The van der Waals surface area contributed by atoms with Gasteiger partial charge >= 0.3 is 0 Å². The normalized spacial score (nSPS) is 14.7. The second-order valence-corrected chi connectivity index (χ2v) is 6.51. The molecule has 0 spiro atoms. The van der Waals surface area contributed by atoms with Gasteiger partial charge in [-0.25, -0.2) is 4.39 Å². The molecule has 0 radical (unpaired) electrons. The number of benzene rings is 2. The number of nitrogens with zero attached hydrogens (tertiary/aromatic N) is 2. The first-order valence-electron chi connectivity index (χ1n) is 9.38. The summed E-state index contributed by atoms with van der Waals surface area (Å²) in [6, 6.07) is 13.2. The third-order valence-electron chi connectivity index (χ3n) is 4.67. The van der Waals surface area contributed by atoms with Gasteiger partial charge in [0.05, 0.1) is 26.0 Å². The van der Waals surface area contributed by atoms with Crippen LogP contribution in [0.2, 0.25) is 0 Å². The molecule has 1 saturated heterocycles. The number of halogens is 1. The fourth-order valence-corrected chi connectivity index (χ4v) is 3.06. The quantitative estimate of drug-likeness (QED) is 0.590. The molecule has 28 heavy (non-hydrogen) atoms. The molecule has 2 aromatic carbocycles. The van der Waals surface area contributed by atoms with E-state index in [2.05, 4.69) is 15.6 Å². The van der Waals surface area contributed by atoms with Crippen LogP contribution in [0, 0.1) is 5.82 Å². The smallest absolute Gasteiger partial charge is 0.191 e. The maximum Gasteiger partial charge on any atom is 0.191 e. The summed E-state index contributed by atoms with van der Waals surface area (Å²) in [5.74, 6) is 1.28. The summed E-state index contributed by atoms with van der Waals surface area (Å²) in [4.78, 5) is 6.24. The van der Waals surface area contributed by atoms with Crippen molar-refractivity contribution in [1.29, 1.82) is 0 Å². The minimum absolute atomic E-state index is 0.206. The molecular weight excluding hydrogens is 359 g/mol. The van der Waals surface area contributed by atoms with Crippen LogP contribution >= 0.6 is 0 Å². The van der Waals surface area contributed by atoms with Crippen molar-refractivity contribution in [2.75, 3.05) is 45.4 Å². The topological polar surface area (TPSA) is 58.1 Å². The first-order chi connectivity index (χ1) is 13.7. The summed E-state index contributed by atoms with van der Waals surface area (Å²) < 4.78 is 25.0. The first-order valence-corrected chi connectivity index (χ1v) is 9.38. The van der Waals surface area contributed by atoms with Gasteiger partial charge in [-0.3, -0.25) is 4.99 Å². The number of hydrogen-bond donors (Lipinski definition) is 2. The second-order valence-electron chi connectivity index (χ2n) is 6.51. The van der Waals surface area contributed by atoms with Crippen LogP contribution in [0.15, 0.2) is 47.5 Å². The number of nitrogens with one attached hydrogen (secondary N) is 2. The molecule has 0 aliphatic carbocycles. The summed E-state index contributed by atoms with van der Waals surface area (Å²) in [6.07, 6.45) is 0. The summed E-state index contributed by atoms with van der Waals surface area (Å²) >= 11 is 0. The Balaban J connectivity index is 1.52. The van der Waals surface area contributed by atoms with Crippen molar-refractivity contribution in [2.24, 2.45) is 4.99 Å². The lowest BCUT2D eigenvalue weighted by atomic mass is 10.1. The molecule has 0 amide bonds. The molecular formula is C21H27FN4O2. The molecule has 1 aliphatic heterocycles. The van der Waals surface area contributed by atoms with Crippen molar-refractivity contribution >= 4 is 11.6 Å². The Morgan fingerprint density at radius 3 is 2.32 bits per heavy atom. The van der Waals surface area contributed by atoms with Gasteiger partial charge in [-0.2, -0.15) is 0 Å². The Morgan fingerprint density at radius 2 is 1.71 bits per heavy atom. The zero-order chi connectivity index (χ0) is 19.8.